The van der Waals surface area contributed by atoms with Gasteiger partial charge < -0.3 is 0 Å². The smallest absolute Gasteiger partial charge is 0.168 e. The first kappa shape index (κ1) is 15.9. The molecule has 25 heavy (non-hydrogen) atoms. The van der Waals surface area contributed by atoms with Gasteiger partial charge in [0.15, 0.2) is 11.6 Å². The standard InChI is InChI=1S/C20H13Cl2N3/c21-17-12-11-16(13-18(17)22)25-19(14-7-3-1-4-8-14)23-24-20(25)15-9-5-2-6-10-15/h1-13H. The van der Waals surface area contributed by atoms with E-state index in [4.69, 9.17) is 23.2 Å². The maximum atomic E-state index is 6.24. The van der Waals surface area contributed by atoms with Gasteiger partial charge in [-0.2, -0.15) is 0 Å². The molecule has 0 amide bonds. The molecule has 0 aliphatic carbocycles. The molecule has 1 aromatic heterocycles. The molecule has 3 aromatic carbocycles. The van der Waals surface area contributed by atoms with Crippen LogP contribution in [0.2, 0.25) is 10.0 Å². The zero-order valence-electron chi connectivity index (χ0n) is 13.1. The Kier molecular flexibility index (Phi) is 4.26. The van der Waals surface area contributed by atoms with Gasteiger partial charge in [0.05, 0.1) is 15.7 Å². The van der Waals surface area contributed by atoms with Crippen LogP contribution in [0, 0.1) is 0 Å². The summed E-state index contributed by atoms with van der Waals surface area (Å²) in [5.74, 6) is 1.50. The molecule has 3 nitrogen and oxygen atoms in total. The van der Waals surface area contributed by atoms with Crippen LogP contribution in [0.4, 0.5) is 0 Å². The molecule has 0 N–H and O–H groups in total. The molecule has 0 atom stereocenters. The van der Waals surface area contributed by atoms with E-state index in [0.29, 0.717) is 10.0 Å². The van der Waals surface area contributed by atoms with Gasteiger partial charge in [-0.1, -0.05) is 83.9 Å². The second kappa shape index (κ2) is 6.71. The molecule has 1 heterocycles. The maximum Gasteiger partial charge on any atom is 0.168 e. The molecular formula is C20H13Cl2N3. The Hall–Kier alpha value is -2.62. The van der Waals surface area contributed by atoms with E-state index in [-0.39, 0.29) is 0 Å². The maximum absolute atomic E-state index is 6.24. The van der Waals surface area contributed by atoms with E-state index in [1.54, 1.807) is 6.07 Å². The van der Waals surface area contributed by atoms with E-state index in [1.807, 2.05) is 77.4 Å². The Morgan fingerprint density at radius 1 is 0.600 bits per heavy atom. The van der Waals surface area contributed by atoms with Crippen LogP contribution in [0.3, 0.4) is 0 Å². The van der Waals surface area contributed by atoms with Gasteiger partial charge in [0, 0.05) is 11.1 Å². The van der Waals surface area contributed by atoms with Gasteiger partial charge in [0.1, 0.15) is 0 Å². The van der Waals surface area contributed by atoms with Gasteiger partial charge in [-0.15, -0.1) is 10.2 Å². The molecule has 0 saturated heterocycles. The Balaban J connectivity index is 1.98. The number of hydrogen-bond acceptors (Lipinski definition) is 2. The molecule has 122 valence electrons. The highest BCUT2D eigenvalue weighted by Crippen LogP contribution is 2.31. The third-order valence-corrected chi connectivity index (χ3v) is 4.63. The molecule has 0 fully saturated rings. The van der Waals surface area contributed by atoms with Crippen molar-refractivity contribution in [3.8, 4) is 28.5 Å². The number of benzene rings is 3. The Morgan fingerprint density at radius 3 is 1.60 bits per heavy atom. The predicted molar refractivity (Wildman–Crippen MR) is 102 cm³/mol. The molecule has 0 aliphatic heterocycles. The van der Waals surface area contributed by atoms with Crippen molar-refractivity contribution in [2.24, 2.45) is 0 Å². The molecule has 0 unspecified atom stereocenters. The summed E-state index contributed by atoms with van der Waals surface area (Å²) in [6.45, 7) is 0. The van der Waals surface area contributed by atoms with Gasteiger partial charge in [0.2, 0.25) is 0 Å². The van der Waals surface area contributed by atoms with E-state index >= 15 is 0 Å². The normalized spacial score (nSPS) is 10.8. The molecule has 5 heteroatoms. The first-order valence-electron chi connectivity index (χ1n) is 7.76. The number of rotatable bonds is 3. The Bertz CT molecular complexity index is 955. The van der Waals surface area contributed by atoms with E-state index in [9.17, 15) is 0 Å². The predicted octanol–water partition coefficient (Wildman–Crippen LogP) is 5.91. The minimum Gasteiger partial charge on any atom is -0.275 e. The fraction of sp³-hybridized carbons (Fsp3) is 0. The van der Waals surface area contributed by atoms with Crippen LogP contribution in [0.5, 0.6) is 0 Å². The van der Waals surface area contributed by atoms with Crippen LogP contribution in [0.15, 0.2) is 78.9 Å². The van der Waals surface area contributed by atoms with Crippen molar-refractivity contribution in [1.82, 2.24) is 14.8 Å². The van der Waals surface area contributed by atoms with Crippen molar-refractivity contribution in [3.63, 3.8) is 0 Å². The summed E-state index contributed by atoms with van der Waals surface area (Å²) in [5, 5.41) is 9.86. The van der Waals surface area contributed by atoms with Gasteiger partial charge in [-0.3, -0.25) is 4.57 Å². The topological polar surface area (TPSA) is 30.7 Å². The van der Waals surface area contributed by atoms with Crippen molar-refractivity contribution in [2.75, 3.05) is 0 Å². The van der Waals surface area contributed by atoms with Crippen molar-refractivity contribution < 1.29 is 0 Å². The summed E-state index contributed by atoms with van der Waals surface area (Å²) in [6, 6.07) is 25.4. The average Bonchev–Trinajstić information content (AvgIpc) is 3.10. The Labute approximate surface area is 155 Å². The molecule has 0 radical (unpaired) electrons. The lowest BCUT2D eigenvalue weighted by Gasteiger charge is -2.11. The molecule has 4 aromatic rings. The monoisotopic (exact) mass is 365 g/mol. The number of nitrogens with zero attached hydrogens (tertiary/aromatic N) is 3. The third-order valence-electron chi connectivity index (χ3n) is 3.89. The van der Waals surface area contributed by atoms with Gasteiger partial charge in [-0.05, 0) is 18.2 Å². The lowest BCUT2D eigenvalue weighted by atomic mass is 10.1. The van der Waals surface area contributed by atoms with Crippen LogP contribution < -0.4 is 0 Å². The number of hydrogen-bond donors (Lipinski definition) is 0. The molecule has 0 saturated carbocycles. The van der Waals surface area contributed by atoms with Gasteiger partial charge in [0.25, 0.3) is 0 Å². The average molecular weight is 366 g/mol. The lowest BCUT2D eigenvalue weighted by Crippen LogP contribution is -2.00. The van der Waals surface area contributed by atoms with Gasteiger partial charge >= 0.3 is 0 Å². The minimum absolute atomic E-state index is 0.492. The van der Waals surface area contributed by atoms with Crippen LogP contribution in [0.1, 0.15) is 0 Å². The molecular weight excluding hydrogens is 353 g/mol. The van der Waals surface area contributed by atoms with E-state index in [0.717, 1.165) is 28.5 Å². The first-order valence-corrected chi connectivity index (χ1v) is 8.51. The van der Waals surface area contributed by atoms with Crippen LogP contribution >= 0.6 is 23.2 Å². The van der Waals surface area contributed by atoms with Crippen molar-refractivity contribution in [2.45, 2.75) is 0 Å². The van der Waals surface area contributed by atoms with Crippen LogP contribution in [-0.4, -0.2) is 14.8 Å². The summed E-state index contributed by atoms with van der Waals surface area (Å²) < 4.78 is 1.99. The molecule has 0 aliphatic rings. The van der Waals surface area contributed by atoms with E-state index < -0.39 is 0 Å². The Morgan fingerprint density at radius 2 is 1.12 bits per heavy atom. The summed E-state index contributed by atoms with van der Waals surface area (Å²) >= 11 is 12.3. The minimum atomic E-state index is 0.492. The van der Waals surface area contributed by atoms with Crippen LogP contribution in [-0.2, 0) is 0 Å². The quantitative estimate of drug-likeness (QED) is 0.451. The summed E-state index contributed by atoms with van der Waals surface area (Å²) in [4.78, 5) is 0. The van der Waals surface area contributed by atoms with Crippen molar-refractivity contribution in [1.29, 1.82) is 0 Å². The summed E-state index contributed by atoms with van der Waals surface area (Å²) in [7, 11) is 0. The lowest BCUT2D eigenvalue weighted by molar-refractivity contribution is 1.07. The van der Waals surface area contributed by atoms with Crippen molar-refractivity contribution in [3.05, 3.63) is 88.9 Å². The fourth-order valence-corrected chi connectivity index (χ4v) is 2.99. The van der Waals surface area contributed by atoms with Crippen LogP contribution in [0.25, 0.3) is 28.5 Å². The highest BCUT2D eigenvalue weighted by molar-refractivity contribution is 6.42. The second-order valence-corrected chi connectivity index (χ2v) is 6.33. The summed E-state index contributed by atoms with van der Waals surface area (Å²) in [5.41, 5.74) is 2.81. The highest BCUT2D eigenvalue weighted by Gasteiger charge is 2.17. The number of halogens is 2. The molecule has 0 bridgehead atoms. The SMILES string of the molecule is Clc1ccc(-n2c(-c3ccccc3)nnc2-c2ccccc2)cc1Cl. The van der Waals surface area contributed by atoms with Crippen molar-refractivity contribution >= 4 is 23.2 Å². The van der Waals surface area contributed by atoms with E-state index in [2.05, 4.69) is 10.2 Å². The van der Waals surface area contributed by atoms with Gasteiger partial charge in [-0.25, -0.2) is 0 Å². The molecule has 4 rings (SSSR count). The second-order valence-electron chi connectivity index (χ2n) is 5.51. The van der Waals surface area contributed by atoms with E-state index in [1.165, 1.54) is 0 Å². The first-order chi connectivity index (χ1) is 12.2. The third kappa shape index (κ3) is 3.04. The zero-order chi connectivity index (χ0) is 17.2. The zero-order valence-corrected chi connectivity index (χ0v) is 14.6. The fourth-order valence-electron chi connectivity index (χ4n) is 2.70. The molecule has 0 spiro atoms. The highest BCUT2D eigenvalue weighted by atomic mass is 35.5. The largest absolute Gasteiger partial charge is 0.275 e. The number of aromatic nitrogens is 3. The summed E-state index contributed by atoms with van der Waals surface area (Å²) in [6.07, 6.45) is 0.